The molecule has 0 amide bonds. The van der Waals surface area contributed by atoms with Gasteiger partial charge in [0.05, 0.1) is 17.1 Å². The molecule has 0 saturated heterocycles. The Hall–Kier alpha value is -2.67. The summed E-state index contributed by atoms with van der Waals surface area (Å²) in [5.41, 5.74) is 2.00. The largest absolute Gasteiger partial charge is 0.481 e. The SMILES string of the molecule is Cc1cnc([C@@H](C)Oc2cc3onc(CCC(=O)O)c3cc2Cl)nc1. The van der Waals surface area contributed by atoms with Crippen LogP contribution in [0.15, 0.2) is 29.0 Å². The molecule has 130 valence electrons. The van der Waals surface area contributed by atoms with Gasteiger partial charge in [0.25, 0.3) is 0 Å². The lowest BCUT2D eigenvalue weighted by atomic mass is 10.1. The number of hydrogen-bond donors (Lipinski definition) is 1. The van der Waals surface area contributed by atoms with Gasteiger partial charge >= 0.3 is 5.97 Å². The molecular formula is C17H16ClN3O4. The van der Waals surface area contributed by atoms with E-state index in [1.807, 2.05) is 13.8 Å². The number of carbonyl (C=O) groups is 1. The summed E-state index contributed by atoms with van der Waals surface area (Å²) in [6.07, 6.45) is 3.28. The van der Waals surface area contributed by atoms with Gasteiger partial charge in [0, 0.05) is 30.3 Å². The normalized spacial score (nSPS) is 12.3. The van der Waals surface area contributed by atoms with Gasteiger partial charge in [0.1, 0.15) is 5.75 Å². The summed E-state index contributed by atoms with van der Waals surface area (Å²) < 4.78 is 11.1. The van der Waals surface area contributed by atoms with E-state index in [1.165, 1.54) is 0 Å². The summed E-state index contributed by atoms with van der Waals surface area (Å²) in [6, 6.07) is 3.31. The lowest BCUT2D eigenvalue weighted by Gasteiger charge is -2.14. The van der Waals surface area contributed by atoms with Crippen molar-refractivity contribution in [1.82, 2.24) is 15.1 Å². The number of ether oxygens (including phenoxy) is 1. The van der Waals surface area contributed by atoms with Crippen LogP contribution in [-0.4, -0.2) is 26.2 Å². The molecule has 2 aromatic heterocycles. The maximum atomic E-state index is 10.7. The van der Waals surface area contributed by atoms with Gasteiger partial charge in [-0.05, 0) is 25.5 Å². The van der Waals surface area contributed by atoms with Gasteiger partial charge in [-0.1, -0.05) is 16.8 Å². The minimum Gasteiger partial charge on any atom is -0.481 e. The molecule has 1 N–H and O–H groups in total. The first-order chi connectivity index (χ1) is 11.9. The summed E-state index contributed by atoms with van der Waals surface area (Å²) in [7, 11) is 0. The Balaban J connectivity index is 1.83. The molecule has 1 aromatic carbocycles. The van der Waals surface area contributed by atoms with Crippen LogP contribution in [0.4, 0.5) is 0 Å². The smallest absolute Gasteiger partial charge is 0.303 e. The number of nitrogens with zero attached hydrogens (tertiary/aromatic N) is 3. The van der Waals surface area contributed by atoms with Crippen molar-refractivity contribution in [2.45, 2.75) is 32.8 Å². The number of benzene rings is 1. The maximum Gasteiger partial charge on any atom is 0.303 e. The Morgan fingerprint density at radius 2 is 2.08 bits per heavy atom. The maximum absolute atomic E-state index is 10.7. The van der Waals surface area contributed by atoms with E-state index >= 15 is 0 Å². The standard InChI is InChI=1S/C17H16ClN3O4/c1-9-7-19-17(20-8-9)10(2)24-15-6-14-11(5-12(15)18)13(21-25-14)3-4-16(22)23/h5-8,10H,3-4H2,1-2H3,(H,22,23)/t10-/m1/s1. The van der Waals surface area contributed by atoms with Gasteiger partial charge in [-0.15, -0.1) is 0 Å². The lowest BCUT2D eigenvalue weighted by molar-refractivity contribution is -0.136. The molecule has 0 aliphatic heterocycles. The number of aryl methyl sites for hydroxylation is 2. The molecular weight excluding hydrogens is 346 g/mol. The molecule has 0 spiro atoms. The van der Waals surface area contributed by atoms with Gasteiger partial charge in [-0.3, -0.25) is 4.79 Å². The number of aliphatic carboxylic acids is 1. The van der Waals surface area contributed by atoms with Crippen molar-refractivity contribution in [3.63, 3.8) is 0 Å². The number of aromatic nitrogens is 3. The van der Waals surface area contributed by atoms with Crippen LogP contribution in [0.25, 0.3) is 11.0 Å². The van der Waals surface area contributed by atoms with E-state index in [9.17, 15) is 4.79 Å². The Morgan fingerprint density at radius 1 is 1.36 bits per heavy atom. The van der Waals surface area contributed by atoms with Crippen molar-refractivity contribution in [2.24, 2.45) is 0 Å². The molecule has 3 aromatic rings. The number of carboxylic acid groups (broad SMARTS) is 1. The van der Waals surface area contributed by atoms with Crippen LogP contribution in [-0.2, 0) is 11.2 Å². The average molecular weight is 362 g/mol. The van der Waals surface area contributed by atoms with Crippen LogP contribution < -0.4 is 4.74 Å². The third kappa shape index (κ3) is 3.88. The molecule has 0 fully saturated rings. The molecule has 8 heteroatoms. The monoisotopic (exact) mass is 361 g/mol. The molecule has 0 saturated carbocycles. The van der Waals surface area contributed by atoms with E-state index in [4.69, 9.17) is 26.0 Å². The van der Waals surface area contributed by atoms with Crippen LogP contribution in [0.5, 0.6) is 5.75 Å². The second-order valence-electron chi connectivity index (χ2n) is 5.68. The first-order valence-electron chi connectivity index (χ1n) is 7.69. The second kappa shape index (κ2) is 7.06. The zero-order chi connectivity index (χ0) is 18.0. The summed E-state index contributed by atoms with van der Waals surface area (Å²) in [4.78, 5) is 19.2. The molecule has 1 atom stereocenters. The summed E-state index contributed by atoms with van der Waals surface area (Å²) in [5, 5.41) is 13.8. The predicted octanol–water partition coefficient (Wildman–Crippen LogP) is 3.74. The van der Waals surface area contributed by atoms with Crippen molar-refractivity contribution in [3.8, 4) is 5.75 Å². The van der Waals surface area contributed by atoms with E-state index in [-0.39, 0.29) is 12.8 Å². The van der Waals surface area contributed by atoms with Crippen molar-refractivity contribution < 1.29 is 19.2 Å². The molecule has 0 aliphatic rings. The number of carboxylic acids is 1. The number of hydrogen-bond acceptors (Lipinski definition) is 6. The molecule has 0 bridgehead atoms. The average Bonchev–Trinajstić information content (AvgIpc) is 2.95. The highest BCUT2D eigenvalue weighted by Gasteiger charge is 2.17. The van der Waals surface area contributed by atoms with Crippen LogP contribution in [0.1, 0.15) is 36.5 Å². The van der Waals surface area contributed by atoms with E-state index < -0.39 is 12.1 Å². The first kappa shape index (κ1) is 17.2. The van der Waals surface area contributed by atoms with Gasteiger partial charge in [-0.25, -0.2) is 9.97 Å². The highest BCUT2D eigenvalue weighted by molar-refractivity contribution is 6.32. The van der Waals surface area contributed by atoms with Crippen LogP contribution >= 0.6 is 11.6 Å². The highest BCUT2D eigenvalue weighted by Crippen LogP contribution is 2.34. The van der Waals surface area contributed by atoms with Crippen molar-refractivity contribution in [1.29, 1.82) is 0 Å². The van der Waals surface area contributed by atoms with Gasteiger partial charge in [0.15, 0.2) is 17.5 Å². The fraction of sp³-hybridized carbons (Fsp3) is 0.294. The van der Waals surface area contributed by atoms with Crippen molar-refractivity contribution >= 4 is 28.5 Å². The van der Waals surface area contributed by atoms with Crippen LogP contribution in [0.2, 0.25) is 5.02 Å². The molecule has 2 heterocycles. The van der Waals surface area contributed by atoms with E-state index in [1.54, 1.807) is 24.5 Å². The fourth-order valence-electron chi connectivity index (χ4n) is 2.34. The third-order valence-electron chi connectivity index (χ3n) is 3.64. The molecule has 0 aliphatic carbocycles. The summed E-state index contributed by atoms with van der Waals surface area (Å²) in [6.45, 7) is 3.73. The van der Waals surface area contributed by atoms with Crippen molar-refractivity contribution in [3.05, 3.63) is 46.6 Å². The molecule has 25 heavy (non-hydrogen) atoms. The summed E-state index contributed by atoms with van der Waals surface area (Å²) >= 11 is 6.30. The van der Waals surface area contributed by atoms with Crippen molar-refractivity contribution in [2.75, 3.05) is 0 Å². The zero-order valence-corrected chi connectivity index (χ0v) is 14.4. The number of fused-ring (bicyclic) bond motifs is 1. The quantitative estimate of drug-likeness (QED) is 0.714. The number of halogens is 1. The van der Waals surface area contributed by atoms with E-state index in [0.29, 0.717) is 33.3 Å². The lowest BCUT2D eigenvalue weighted by Crippen LogP contribution is -2.08. The predicted molar refractivity (Wildman–Crippen MR) is 90.8 cm³/mol. The minimum atomic E-state index is -0.894. The highest BCUT2D eigenvalue weighted by atomic mass is 35.5. The second-order valence-corrected chi connectivity index (χ2v) is 6.09. The Bertz CT molecular complexity index is 908. The molecule has 0 radical (unpaired) electrons. The van der Waals surface area contributed by atoms with E-state index in [0.717, 1.165) is 5.56 Å². The fourth-order valence-corrected chi connectivity index (χ4v) is 2.55. The van der Waals surface area contributed by atoms with Gasteiger partial charge in [0.2, 0.25) is 0 Å². The Labute approximate surface area is 148 Å². The number of rotatable bonds is 6. The van der Waals surface area contributed by atoms with E-state index in [2.05, 4.69) is 15.1 Å². The van der Waals surface area contributed by atoms with Crippen LogP contribution in [0, 0.1) is 6.92 Å². The first-order valence-corrected chi connectivity index (χ1v) is 8.06. The Morgan fingerprint density at radius 3 is 2.76 bits per heavy atom. The van der Waals surface area contributed by atoms with Gasteiger partial charge < -0.3 is 14.4 Å². The minimum absolute atomic E-state index is 0.0285. The molecule has 3 rings (SSSR count). The van der Waals surface area contributed by atoms with Gasteiger partial charge in [-0.2, -0.15) is 0 Å². The molecule has 0 unspecified atom stereocenters. The zero-order valence-electron chi connectivity index (χ0n) is 13.7. The van der Waals surface area contributed by atoms with Crippen LogP contribution in [0.3, 0.4) is 0 Å². The Kier molecular flexibility index (Phi) is 4.85. The topological polar surface area (TPSA) is 98.3 Å². The third-order valence-corrected chi connectivity index (χ3v) is 3.94. The summed E-state index contributed by atoms with van der Waals surface area (Å²) in [5.74, 6) is 0.0716. The molecule has 7 nitrogen and oxygen atoms in total.